The van der Waals surface area contributed by atoms with E-state index < -0.39 is 9.84 Å². The number of nitriles is 1. The first-order chi connectivity index (χ1) is 15.4. The Balaban J connectivity index is 1.75. The predicted octanol–water partition coefficient (Wildman–Crippen LogP) is 4.15. The lowest BCUT2D eigenvalue weighted by Gasteiger charge is -2.10. The molecule has 3 aromatic rings. The highest BCUT2D eigenvalue weighted by Gasteiger charge is 2.18. The Hall–Kier alpha value is -3.70. The summed E-state index contributed by atoms with van der Waals surface area (Å²) in [6.45, 7) is 4.48. The maximum absolute atomic E-state index is 13.0. The van der Waals surface area contributed by atoms with E-state index in [0.29, 0.717) is 10.8 Å². The number of anilines is 1. The molecule has 0 aliphatic heterocycles. The van der Waals surface area contributed by atoms with E-state index in [1.807, 2.05) is 12.3 Å². The molecular weight excluding hydrogens is 422 g/mol. The van der Waals surface area contributed by atoms with Crippen molar-refractivity contribution in [2.75, 3.05) is 5.32 Å². The van der Waals surface area contributed by atoms with Gasteiger partial charge in [-0.1, -0.05) is 38.1 Å². The van der Waals surface area contributed by atoms with Gasteiger partial charge in [0.2, 0.25) is 15.8 Å². The number of aromatic nitrogens is 1. The molecule has 3 rings (SSSR count). The van der Waals surface area contributed by atoms with E-state index in [4.69, 9.17) is 5.26 Å². The van der Waals surface area contributed by atoms with Crippen molar-refractivity contribution in [1.82, 2.24) is 10.3 Å². The first kappa shape index (κ1) is 23.0. The zero-order valence-corrected chi connectivity index (χ0v) is 18.8. The van der Waals surface area contributed by atoms with Crippen molar-refractivity contribution in [1.29, 1.82) is 5.26 Å². The molecule has 2 aromatic carbocycles. The summed E-state index contributed by atoms with van der Waals surface area (Å²) in [6, 6.07) is 17.2. The minimum Gasteiger partial charge on any atom is -0.325 e. The van der Waals surface area contributed by atoms with Gasteiger partial charge in [0.25, 0.3) is 0 Å². The molecule has 0 bridgehead atoms. The Morgan fingerprint density at radius 1 is 1.03 bits per heavy atom. The normalized spacial score (nSPS) is 11.8. The molecule has 1 heterocycles. The molecule has 0 unspecified atom stereocenters. The van der Waals surface area contributed by atoms with Crippen LogP contribution < -0.4 is 10.6 Å². The average Bonchev–Trinajstić information content (AvgIpc) is 2.78. The number of nitrogens with zero attached hydrogens (tertiary/aromatic N) is 3. The quantitative estimate of drug-likeness (QED) is 0.244. The summed E-state index contributed by atoms with van der Waals surface area (Å²) in [5.74, 6) is 0.735. The smallest absolute Gasteiger partial charge is 0.209 e. The van der Waals surface area contributed by atoms with Gasteiger partial charge < -0.3 is 5.32 Å². The second kappa shape index (κ2) is 10.6. The largest absolute Gasteiger partial charge is 0.325 e. The molecule has 0 aliphatic carbocycles. The fourth-order valence-electron chi connectivity index (χ4n) is 3.13. The van der Waals surface area contributed by atoms with Gasteiger partial charge in [-0.3, -0.25) is 10.3 Å². The van der Waals surface area contributed by atoms with Crippen LogP contribution in [0.2, 0.25) is 0 Å². The van der Waals surface area contributed by atoms with E-state index >= 15 is 0 Å². The predicted molar refractivity (Wildman–Crippen MR) is 125 cm³/mol. The average molecular weight is 448 g/mol. The van der Waals surface area contributed by atoms with E-state index in [-0.39, 0.29) is 17.4 Å². The third-order valence-electron chi connectivity index (χ3n) is 4.62. The Morgan fingerprint density at radius 3 is 2.41 bits per heavy atom. The van der Waals surface area contributed by atoms with Crippen LogP contribution in [-0.4, -0.2) is 19.4 Å². The van der Waals surface area contributed by atoms with Gasteiger partial charge in [0.05, 0.1) is 16.3 Å². The Bertz CT molecular complexity index is 1220. The van der Waals surface area contributed by atoms with Crippen LogP contribution in [0.5, 0.6) is 0 Å². The zero-order chi connectivity index (χ0) is 23.0. The monoisotopic (exact) mass is 447 g/mol. The van der Waals surface area contributed by atoms with Gasteiger partial charge >= 0.3 is 0 Å². The van der Waals surface area contributed by atoms with Crippen LogP contribution in [0, 0.1) is 17.4 Å². The zero-order valence-electron chi connectivity index (χ0n) is 18.0. The van der Waals surface area contributed by atoms with E-state index in [9.17, 15) is 8.42 Å². The van der Waals surface area contributed by atoms with Crippen LogP contribution >= 0.6 is 0 Å². The SMILES string of the molecule is CC(C)Cc1cccc(S(=O)(=O)c2ccc(CN=C(NC#N)Nc3ccncc3)cc2)c1. The number of rotatable bonds is 7. The summed E-state index contributed by atoms with van der Waals surface area (Å²) in [4.78, 5) is 8.84. The Morgan fingerprint density at radius 2 is 1.75 bits per heavy atom. The lowest BCUT2D eigenvalue weighted by Crippen LogP contribution is -2.26. The molecule has 2 N–H and O–H groups in total. The van der Waals surface area contributed by atoms with Gasteiger partial charge in [-0.15, -0.1) is 0 Å². The van der Waals surface area contributed by atoms with Crippen LogP contribution in [0.15, 0.2) is 87.8 Å². The second-order valence-electron chi connectivity index (χ2n) is 7.66. The van der Waals surface area contributed by atoms with Gasteiger partial charge in [0.1, 0.15) is 0 Å². The molecule has 0 atom stereocenters. The third kappa shape index (κ3) is 6.15. The van der Waals surface area contributed by atoms with Crippen molar-refractivity contribution < 1.29 is 8.42 Å². The van der Waals surface area contributed by atoms with Gasteiger partial charge in [0.15, 0.2) is 6.19 Å². The van der Waals surface area contributed by atoms with Gasteiger partial charge in [-0.2, -0.15) is 5.26 Å². The van der Waals surface area contributed by atoms with E-state index in [0.717, 1.165) is 23.2 Å². The van der Waals surface area contributed by atoms with Crippen LogP contribution in [0.4, 0.5) is 5.69 Å². The highest BCUT2D eigenvalue weighted by Crippen LogP contribution is 2.23. The number of aliphatic imine (C=N–C) groups is 1. The lowest BCUT2D eigenvalue weighted by atomic mass is 10.0. The number of guanidine groups is 1. The highest BCUT2D eigenvalue weighted by molar-refractivity contribution is 7.91. The molecule has 7 nitrogen and oxygen atoms in total. The van der Waals surface area contributed by atoms with Crippen molar-refractivity contribution in [2.24, 2.45) is 10.9 Å². The lowest BCUT2D eigenvalue weighted by molar-refractivity contribution is 0.595. The minimum absolute atomic E-state index is 0.234. The molecule has 8 heteroatoms. The molecule has 164 valence electrons. The van der Waals surface area contributed by atoms with Gasteiger partial charge in [-0.25, -0.2) is 13.4 Å². The highest BCUT2D eigenvalue weighted by atomic mass is 32.2. The number of nitrogens with one attached hydrogen (secondary N) is 2. The first-order valence-corrected chi connectivity index (χ1v) is 11.7. The maximum Gasteiger partial charge on any atom is 0.209 e. The number of pyridine rings is 1. The Labute approximate surface area is 188 Å². The summed E-state index contributed by atoms with van der Waals surface area (Å²) in [5, 5.41) is 14.5. The second-order valence-corrected chi connectivity index (χ2v) is 9.60. The fraction of sp³-hybridized carbons (Fsp3) is 0.208. The summed E-state index contributed by atoms with van der Waals surface area (Å²) in [6.07, 6.45) is 5.93. The van der Waals surface area contributed by atoms with Crippen molar-refractivity contribution >= 4 is 21.5 Å². The molecule has 0 fully saturated rings. The maximum atomic E-state index is 13.0. The number of benzene rings is 2. The number of sulfone groups is 1. The van der Waals surface area contributed by atoms with Crippen LogP contribution in [0.25, 0.3) is 0 Å². The van der Waals surface area contributed by atoms with Gasteiger partial charge in [-0.05, 0) is 59.9 Å². The summed E-state index contributed by atoms with van der Waals surface area (Å²) < 4.78 is 26.1. The molecule has 0 spiro atoms. The topological polar surface area (TPSA) is 107 Å². The third-order valence-corrected chi connectivity index (χ3v) is 6.39. The molecule has 0 saturated heterocycles. The van der Waals surface area contributed by atoms with Crippen LogP contribution in [0.3, 0.4) is 0 Å². The van der Waals surface area contributed by atoms with Crippen molar-refractivity contribution in [3.05, 3.63) is 84.2 Å². The summed E-state index contributed by atoms with van der Waals surface area (Å²) in [5.41, 5.74) is 2.56. The number of hydrogen-bond donors (Lipinski definition) is 2. The van der Waals surface area contributed by atoms with Crippen molar-refractivity contribution in [3.8, 4) is 6.19 Å². The fourth-order valence-corrected chi connectivity index (χ4v) is 4.46. The van der Waals surface area contributed by atoms with Crippen molar-refractivity contribution in [3.63, 3.8) is 0 Å². The molecule has 32 heavy (non-hydrogen) atoms. The Kier molecular flexibility index (Phi) is 7.58. The van der Waals surface area contributed by atoms with E-state index in [2.05, 4.69) is 34.5 Å². The number of hydrogen-bond acceptors (Lipinski definition) is 5. The molecule has 0 amide bonds. The van der Waals surface area contributed by atoms with Crippen LogP contribution in [-0.2, 0) is 22.8 Å². The van der Waals surface area contributed by atoms with Crippen LogP contribution in [0.1, 0.15) is 25.0 Å². The molecule has 0 aliphatic rings. The van der Waals surface area contributed by atoms with Gasteiger partial charge in [0, 0.05) is 18.1 Å². The molecule has 0 radical (unpaired) electrons. The molecule has 0 saturated carbocycles. The minimum atomic E-state index is -3.60. The van der Waals surface area contributed by atoms with E-state index in [1.165, 1.54) is 0 Å². The first-order valence-electron chi connectivity index (χ1n) is 10.2. The molecule has 1 aromatic heterocycles. The standard InChI is InChI=1S/C24H25N5O2S/c1-18(2)14-20-4-3-5-23(15-20)32(30,31)22-8-6-19(7-9-22)16-27-24(28-17-25)29-21-10-12-26-13-11-21/h3-13,15,18H,14,16H2,1-2H3,(H2,26,27,28,29). The summed E-state index contributed by atoms with van der Waals surface area (Å²) >= 11 is 0. The van der Waals surface area contributed by atoms with E-state index in [1.54, 1.807) is 67.0 Å². The summed E-state index contributed by atoms with van der Waals surface area (Å²) in [7, 11) is -3.60. The molecular formula is C24H25N5O2S. The van der Waals surface area contributed by atoms with Crippen molar-refractivity contribution in [2.45, 2.75) is 36.6 Å².